The fraction of sp³-hybridized carbons (Fsp3) is 0.222. The highest BCUT2D eigenvalue weighted by Gasteiger charge is 2.16. The molecule has 0 N–H and O–H groups in total. The van der Waals surface area contributed by atoms with Crippen molar-refractivity contribution in [2.75, 3.05) is 14.1 Å². The van der Waals surface area contributed by atoms with Gasteiger partial charge in [-0.1, -0.05) is 0 Å². The van der Waals surface area contributed by atoms with Gasteiger partial charge in [-0.05, 0) is 55.5 Å². The van der Waals surface area contributed by atoms with Crippen molar-refractivity contribution in [3.63, 3.8) is 0 Å². The Kier molecular flexibility index (Phi) is 5.11. The lowest BCUT2D eigenvalue weighted by Gasteiger charge is -2.18. The van der Waals surface area contributed by atoms with Gasteiger partial charge in [0.25, 0.3) is 5.91 Å². The van der Waals surface area contributed by atoms with Gasteiger partial charge in [-0.25, -0.2) is 4.39 Å². The van der Waals surface area contributed by atoms with E-state index in [4.69, 9.17) is 4.74 Å². The zero-order chi connectivity index (χ0) is 17.0. The van der Waals surface area contributed by atoms with Gasteiger partial charge in [0, 0.05) is 25.2 Å². The number of rotatable bonds is 5. The number of ether oxygens (including phenoxy) is 1. The Balaban J connectivity index is 2.08. The van der Waals surface area contributed by atoms with Crippen molar-refractivity contribution < 1.29 is 18.7 Å². The fourth-order valence-electron chi connectivity index (χ4n) is 2.07. The molecule has 0 radical (unpaired) electrons. The van der Waals surface area contributed by atoms with Crippen molar-refractivity contribution in [1.29, 1.82) is 0 Å². The summed E-state index contributed by atoms with van der Waals surface area (Å²) >= 11 is 0. The van der Waals surface area contributed by atoms with Crippen LogP contribution in [0.3, 0.4) is 0 Å². The van der Waals surface area contributed by atoms with Crippen molar-refractivity contribution in [3.8, 4) is 5.75 Å². The summed E-state index contributed by atoms with van der Waals surface area (Å²) in [6, 6.07) is 11.9. The maximum atomic E-state index is 12.9. The molecule has 0 aliphatic heterocycles. The fourth-order valence-corrected chi connectivity index (χ4v) is 2.07. The van der Waals surface area contributed by atoms with Crippen molar-refractivity contribution in [2.24, 2.45) is 0 Å². The number of ketones is 1. The molecule has 0 fully saturated rings. The minimum Gasteiger partial charge on any atom is -0.481 e. The van der Waals surface area contributed by atoms with E-state index in [0.717, 1.165) is 0 Å². The third-order valence-corrected chi connectivity index (χ3v) is 3.32. The molecule has 1 atom stereocenters. The molecule has 0 aliphatic rings. The maximum absolute atomic E-state index is 12.9. The molecule has 1 amide bonds. The lowest BCUT2D eigenvalue weighted by atomic mass is 10.0. The van der Waals surface area contributed by atoms with Crippen molar-refractivity contribution in [1.82, 2.24) is 4.90 Å². The quantitative estimate of drug-likeness (QED) is 0.797. The molecule has 0 spiro atoms. The molecular weight excluding hydrogens is 297 g/mol. The second-order valence-electron chi connectivity index (χ2n) is 5.35. The van der Waals surface area contributed by atoms with Gasteiger partial charge in [0.15, 0.2) is 11.9 Å². The molecule has 0 heterocycles. The van der Waals surface area contributed by atoms with E-state index in [1.807, 2.05) is 0 Å². The number of nitrogens with zero attached hydrogens (tertiary/aromatic N) is 1. The maximum Gasteiger partial charge on any atom is 0.262 e. The summed E-state index contributed by atoms with van der Waals surface area (Å²) < 4.78 is 18.4. The van der Waals surface area contributed by atoms with Gasteiger partial charge >= 0.3 is 0 Å². The number of amides is 1. The van der Waals surface area contributed by atoms with Gasteiger partial charge in [0.05, 0.1) is 0 Å². The Morgan fingerprint density at radius 1 is 0.957 bits per heavy atom. The number of hydrogen-bond donors (Lipinski definition) is 0. The number of carbonyl (C=O) groups excluding carboxylic acids is 2. The zero-order valence-electron chi connectivity index (χ0n) is 13.2. The molecule has 0 bridgehead atoms. The molecule has 0 saturated heterocycles. The average Bonchev–Trinajstić information content (AvgIpc) is 2.54. The van der Waals surface area contributed by atoms with Gasteiger partial charge in [0.1, 0.15) is 11.6 Å². The minimum atomic E-state index is -0.608. The Bertz CT molecular complexity index is 693. The zero-order valence-corrected chi connectivity index (χ0v) is 13.2. The topological polar surface area (TPSA) is 46.6 Å². The van der Waals surface area contributed by atoms with E-state index < -0.39 is 6.10 Å². The summed E-state index contributed by atoms with van der Waals surface area (Å²) in [6.07, 6.45) is -0.608. The van der Waals surface area contributed by atoms with Crippen LogP contribution in [0.2, 0.25) is 0 Å². The normalized spacial score (nSPS) is 11.7. The van der Waals surface area contributed by atoms with E-state index in [-0.39, 0.29) is 17.5 Å². The molecule has 0 unspecified atom stereocenters. The van der Waals surface area contributed by atoms with E-state index in [9.17, 15) is 14.0 Å². The van der Waals surface area contributed by atoms with Crippen LogP contribution in [0.15, 0.2) is 48.5 Å². The van der Waals surface area contributed by atoms with Crippen LogP contribution in [0, 0.1) is 5.82 Å². The van der Waals surface area contributed by atoms with Gasteiger partial charge in [-0.2, -0.15) is 0 Å². The van der Waals surface area contributed by atoms with Crippen molar-refractivity contribution >= 4 is 11.7 Å². The molecule has 0 aromatic heterocycles. The lowest BCUT2D eigenvalue weighted by Crippen LogP contribution is -2.35. The highest BCUT2D eigenvalue weighted by atomic mass is 19.1. The third kappa shape index (κ3) is 4.16. The summed E-state index contributed by atoms with van der Waals surface area (Å²) in [7, 11) is 3.32. The SMILES string of the molecule is C[C@@H](Oc1ccc(C(=O)c2ccc(F)cc2)cc1)C(=O)N(C)C. The van der Waals surface area contributed by atoms with Crippen LogP contribution < -0.4 is 4.74 Å². The number of hydrogen-bond acceptors (Lipinski definition) is 3. The van der Waals surface area contributed by atoms with Crippen LogP contribution in [0.25, 0.3) is 0 Å². The molecular formula is C18H18FNO3. The van der Waals surface area contributed by atoms with Crippen LogP contribution >= 0.6 is 0 Å². The van der Waals surface area contributed by atoms with Crippen LogP contribution in [0.1, 0.15) is 22.8 Å². The smallest absolute Gasteiger partial charge is 0.262 e. The Morgan fingerprint density at radius 2 is 1.43 bits per heavy atom. The van der Waals surface area contributed by atoms with Gasteiger partial charge < -0.3 is 9.64 Å². The predicted octanol–water partition coefficient (Wildman–Crippen LogP) is 2.91. The van der Waals surface area contributed by atoms with Crippen LogP contribution in [0.5, 0.6) is 5.75 Å². The summed E-state index contributed by atoms with van der Waals surface area (Å²) in [5.41, 5.74) is 0.881. The molecule has 0 aliphatic carbocycles. The van der Waals surface area contributed by atoms with Crippen LogP contribution in [0.4, 0.5) is 4.39 Å². The molecule has 120 valence electrons. The molecule has 4 nitrogen and oxygen atoms in total. The highest BCUT2D eigenvalue weighted by molar-refractivity contribution is 6.09. The molecule has 5 heteroatoms. The van der Waals surface area contributed by atoms with Crippen molar-refractivity contribution in [3.05, 3.63) is 65.5 Å². The largest absolute Gasteiger partial charge is 0.481 e. The predicted molar refractivity (Wildman–Crippen MR) is 85.1 cm³/mol. The summed E-state index contributed by atoms with van der Waals surface area (Å²) in [5.74, 6) is -0.223. The monoisotopic (exact) mass is 315 g/mol. The first kappa shape index (κ1) is 16.7. The number of carbonyl (C=O) groups is 2. The van der Waals surface area contributed by atoms with Crippen molar-refractivity contribution in [2.45, 2.75) is 13.0 Å². The summed E-state index contributed by atoms with van der Waals surface area (Å²) in [6.45, 7) is 1.67. The molecule has 2 rings (SSSR count). The number of halogens is 1. The molecule has 2 aromatic rings. The molecule has 0 saturated carbocycles. The van der Waals surface area contributed by atoms with E-state index in [2.05, 4.69) is 0 Å². The minimum absolute atomic E-state index is 0.142. The second kappa shape index (κ2) is 7.05. The standard InChI is InChI=1S/C18H18FNO3/c1-12(18(22)20(2)3)23-16-10-6-14(7-11-16)17(21)13-4-8-15(19)9-5-13/h4-12H,1-3H3/t12-/m1/s1. The van der Waals surface area contributed by atoms with Crippen LogP contribution in [-0.2, 0) is 4.79 Å². The van der Waals surface area contributed by atoms with E-state index in [0.29, 0.717) is 16.9 Å². The summed E-state index contributed by atoms with van der Waals surface area (Å²) in [4.78, 5) is 25.5. The van der Waals surface area contributed by atoms with E-state index in [1.165, 1.54) is 29.2 Å². The highest BCUT2D eigenvalue weighted by Crippen LogP contribution is 2.17. The van der Waals surface area contributed by atoms with Gasteiger partial charge in [0.2, 0.25) is 0 Å². The first-order valence-electron chi connectivity index (χ1n) is 7.16. The third-order valence-electron chi connectivity index (χ3n) is 3.32. The van der Waals surface area contributed by atoms with Gasteiger partial charge in [-0.15, -0.1) is 0 Å². The Hall–Kier alpha value is -2.69. The van der Waals surface area contributed by atoms with E-state index in [1.54, 1.807) is 45.3 Å². The number of likely N-dealkylation sites (N-methyl/N-ethyl adjacent to an activating group) is 1. The number of benzene rings is 2. The Morgan fingerprint density at radius 3 is 1.91 bits per heavy atom. The molecule has 2 aromatic carbocycles. The molecule has 23 heavy (non-hydrogen) atoms. The van der Waals surface area contributed by atoms with Gasteiger partial charge in [-0.3, -0.25) is 9.59 Å². The lowest BCUT2D eigenvalue weighted by molar-refractivity contribution is -0.135. The first-order valence-corrected chi connectivity index (χ1v) is 7.16. The Labute approximate surface area is 134 Å². The first-order chi connectivity index (χ1) is 10.9. The van der Waals surface area contributed by atoms with Crippen LogP contribution in [-0.4, -0.2) is 36.8 Å². The van der Waals surface area contributed by atoms with E-state index >= 15 is 0 Å². The average molecular weight is 315 g/mol. The summed E-state index contributed by atoms with van der Waals surface area (Å²) in [5, 5.41) is 0. The second-order valence-corrected chi connectivity index (χ2v) is 5.35.